The van der Waals surface area contributed by atoms with Crippen molar-refractivity contribution >= 4 is 11.8 Å². The summed E-state index contributed by atoms with van der Waals surface area (Å²) in [5.74, 6) is 1.78. The van der Waals surface area contributed by atoms with Gasteiger partial charge >= 0.3 is 6.09 Å². The van der Waals surface area contributed by atoms with Crippen molar-refractivity contribution in [2.45, 2.75) is 6.04 Å². The minimum atomic E-state index is -0.918. The fraction of sp³-hybridized carbons (Fsp3) is 0.462. The van der Waals surface area contributed by atoms with E-state index in [9.17, 15) is 4.79 Å². The number of carbonyl (C=O) groups is 1. The third-order valence-electron chi connectivity index (χ3n) is 3.91. The number of hydrogen-bond donors (Lipinski definition) is 2. The van der Waals surface area contributed by atoms with E-state index in [2.05, 4.69) is 10.2 Å². The first-order valence-electron chi connectivity index (χ1n) is 6.08. The van der Waals surface area contributed by atoms with Gasteiger partial charge < -0.3 is 20.1 Å². The molecule has 1 heterocycles. The van der Waals surface area contributed by atoms with E-state index < -0.39 is 6.09 Å². The molecule has 2 unspecified atom stereocenters. The van der Waals surface area contributed by atoms with Gasteiger partial charge in [-0.2, -0.15) is 0 Å². The highest BCUT2D eigenvalue weighted by Gasteiger charge is 2.56. The van der Waals surface area contributed by atoms with E-state index in [0.717, 1.165) is 24.5 Å². The van der Waals surface area contributed by atoms with Gasteiger partial charge in [-0.15, -0.1) is 0 Å². The van der Waals surface area contributed by atoms with Gasteiger partial charge in [0, 0.05) is 31.0 Å². The van der Waals surface area contributed by atoms with E-state index in [0.29, 0.717) is 11.8 Å². The lowest BCUT2D eigenvalue weighted by molar-refractivity contribution is 0.192. The zero-order valence-electron chi connectivity index (χ0n) is 10.2. The van der Waals surface area contributed by atoms with Crippen molar-refractivity contribution in [1.82, 2.24) is 5.32 Å². The molecule has 96 valence electrons. The van der Waals surface area contributed by atoms with Crippen molar-refractivity contribution in [1.29, 1.82) is 0 Å². The maximum absolute atomic E-state index is 10.6. The Hall–Kier alpha value is -1.91. The molecule has 1 aliphatic heterocycles. The Morgan fingerprint density at radius 3 is 2.67 bits per heavy atom. The van der Waals surface area contributed by atoms with Crippen LogP contribution in [0.4, 0.5) is 10.5 Å². The number of piperidine rings is 1. The molecule has 3 rings (SSSR count). The van der Waals surface area contributed by atoms with Crippen molar-refractivity contribution in [2.24, 2.45) is 11.8 Å². The van der Waals surface area contributed by atoms with Crippen LogP contribution >= 0.6 is 0 Å². The molecule has 2 atom stereocenters. The Morgan fingerprint density at radius 1 is 1.39 bits per heavy atom. The average molecular weight is 248 g/mol. The van der Waals surface area contributed by atoms with Crippen LogP contribution in [0.15, 0.2) is 24.3 Å². The second-order valence-corrected chi connectivity index (χ2v) is 4.88. The number of nitrogens with one attached hydrogen (secondary N) is 1. The molecule has 1 aromatic rings. The summed E-state index contributed by atoms with van der Waals surface area (Å²) < 4.78 is 5.35. The van der Waals surface area contributed by atoms with Gasteiger partial charge in [0.15, 0.2) is 0 Å². The number of benzene rings is 1. The monoisotopic (exact) mass is 248 g/mol. The van der Waals surface area contributed by atoms with Gasteiger partial charge in [0.05, 0.1) is 12.8 Å². The van der Waals surface area contributed by atoms with Crippen LogP contribution in [0.2, 0.25) is 0 Å². The Labute approximate surface area is 105 Å². The minimum absolute atomic E-state index is 0.147. The molecule has 0 bridgehead atoms. The quantitative estimate of drug-likeness (QED) is 0.848. The van der Waals surface area contributed by atoms with Crippen LogP contribution in [0.25, 0.3) is 0 Å². The van der Waals surface area contributed by atoms with E-state index in [1.54, 1.807) is 7.11 Å². The van der Waals surface area contributed by atoms with Gasteiger partial charge in [0.2, 0.25) is 0 Å². The Morgan fingerprint density at radius 2 is 2.06 bits per heavy atom. The Bertz CT molecular complexity index is 465. The molecule has 2 aliphatic rings. The van der Waals surface area contributed by atoms with Gasteiger partial charge in [-0.25, -0.2) is 4.79 Å². The molecule has 18 heavy (non-hydrogen) atoms. The maximum atomic E-state index is 10.6. The number of fused-ring (bicyclic) bond motifs is 1. The van der Waals surface area contributed by atoms with Crippen molar-refractivity contribution in [2.75, 3.05) is 25.1 Å². The number of amides is 1. The standard InChI is InChI=1S/C13H16N2O3/c1-18-11-5-3-2-4-10(11)15-6-8-9(7-15)12(8)14-13(16)17/h2-5,8-9,12,14H,6-7H2,1H3,(H,16,17). The lowest BCUT2D eigenvalue weighted by Crippen LogP contribution is -2.33. The molecule has 0 radical (unpaired) electrons. The molecule has 1 saturated heterocycles. The topological polar surface area (TPSA) is 61.8 Å². The predicted molar refractivity (Wildman–Crippen MR) is 67.1 cm³/mol. The highest BCUT2D eigenvalue weighted by Crippen LogP contribution is 2.48. The lowest BCUT2D eigenvalue weighted by atomic mass is 10.2. The molecular weight excluding hydrogens is 232 g/mol. The Kier molecular flexibility index (Phi) is 2.54. The van der Waals surface area contributed by atoms with Gasteiger partial charge in [-0.05, 0) is 12.1 Å². The molecule has 1 aromatic carbocycles. The zero-order valence-corrected chi connectivity index (χ0v) is 10.2. The molecule has 5 heteroatoms. The van der Waals surface area contributed by atoms with Crippen LogP contribution in [0.1, 0.15) is 0 Å². The van der Waals surface area contributed by atoms with Crippen LogP contribution in [0.5, 0.6) is 5.75 Å². The van der Waals surface area contributed by atoms with Crippen molar-refractivity contribution < 1.29 is 14.6 Å². The Balaban J connectivity index is 1.67. The fourth-order valence-electron chi connectivity index (χ4n) is 2.97. The van der Waals surface area contributed by atoms with Gasteiger partial charge in [-0.1, -0.05) is 12.1 Å². The van der Waals surface area contributed by atoms with Crippen LogP contribution in [0.3, 0.4) is 0 Å². The SMILES string of the molecule is COc1ccccc1N1CC2C(C1)C2NC(=O)O. The number of ether oxygens (including phenoxy) is 1. The second-order valence-electron chi connectivity index (χ2n) is 4.88. The summed E-state index contributed by atoms with van der Waals surface area (Å²) in [5.41, 5.74) is 1.10. The summed E-state index contributed by atoms with van der Waals surface area (Å²) in [7, 11) is 1.67. The predicted octanol–water partition coefficient (Wildman–Crippen LogP) is 1.40. The number of rotatable bonds is 3. The second kappa shape index (κ2) is 4.08. The largest absolute Gasteiger partial charge is 0.495 e. The highest BCUT2D eigenvalue weighted by atomic mass is 16.5. The molecule has 2 N–H and O–H groups in total. The van der Waals surface area contributed by atoms with E-state index in [1.165, 1.54) is 0 Å². The zero-order chi connectivity index (χ0) is 12.7. The first kappa shape index (κ1) is 11.2. The summed E-state index contributed by atoms with van der Waals surface area (Å²) in [6.07, 6.45) is -0.918. The molecule has 0 spiro atoms. The van der Waals surface area contributed by atoms with Gasteiger partial charge in [0.1, 0.15) is 5.75 Å². The van der Waals surface area contributed by atoms with Crippen molar-refractivity contribution in [3.63, 3.8) is 0 Å². The number of anilines is 1. The fourth-order valence-corrected chi connectivity index (χ4v) is 2.97. The summed E-state index contributed by atoms with van der Waals surface area (Å²) in [5, 5.41) is 11.3. The normalized spacial score (nSPS) is 28.7. The van der Waals surface area contributed by atoms with Crippen LogP contribution in [-0.2, 0) is 0 Å². The third kappa shape index (κ3) is 1.75. The smallest absolute Gasteiger partial charge is 0.404 e. The first-order chi connectivity index (χ1) is 8.70. The third-order valence-corrected chi connectivity index (χ3v) is 3.91. The number of methoxy groups -OCH3 is 1. The molecule has 1 aliphatic carbocycles. The molecular formula is C13H16N2O3. The number of nitrogens with zero attached hydrogens (tertiary/aromatic N) is 1. The molecule has 0 aromatic heterocycles. The van der Waals surface area contributed by atoms with Crippen LogP contribution in [0, 0.1) is 11.8 Å². The van der Waals surface area contributed by atoms with E-state index >= 15 is 0 Å². The number of hydrogen-bond acceptors (Lipinski definition) is 3. The first-order valence-corrected chi connectivity index (χ1v) is 6.08. The van der Waals surface area contributed by atoms with Crippen molar-refractivity contribution in [3.8, 4) is 5.75 Å². The summed E-state index contributed by atoms with van der Waals surface area (Å²) >= 11 is 0. The number of para-hydroxylation sites is 2. The molecule has 5 nitrogen and oxygen atoms in total. The van der Waals surface area contributed by atoms with E-state index in [4.69, 9.17) is 9.84 Å². The summed E-state index contributed by atoms with van der Waals surface area (Å²) in [6, 6.07) is 8.09. The van der Waals surface area contributed by atoms with Crippen LogP contribution in [-0.4, -0.2) is 37.4 Å². The van der Waals surface area contributed by atoms with E-state index in [-0.39, 0.29) is 6.04 Å². The maximum Gasteiger partial charge on any atom is 0.404 e. The number of carboxylic acid groups (broad SMARTS) is 1. The van der Waals surface area contributed by atoms with Crippen LogP contribution < -0.4 is 15.0 Å². The molecule has 1 saturated carbocycles. The average Bonchev–Trinajstić information content (AvgIpc) is 2.83. The summed E-state index contributed by atoms with van der Waals surface area (Å²) in [4.78, 5) is 12.9. The van der Waals surface area contributed by atoms with Crippen molar-refractivity contribution in [3.05, 3.63) is 24.3 Å². The molecule has 1 amide bonds. The van der Waals surface area contributed by atoms with Gasteiger partial charge in [0.25, 0.3) is 0 Å². The minimum Gasteiger partial charge on any atom is -0.495 e. The lowest BCUT2D eigenvalue weighted by Gasteiger charge is -2.23. The van der Waals surface area contributed by atoms with E-state index in [1.807, 2.05) is 24.3 Å². The highest BCUT2D eigenvalue weighted by molar-refractivity contribution is 5.66. The molecule has 2 fully saturated rings. The van der Waals surface area contributed by atoms with Gasteiger partial charge in [-0.3, -0.25) is 0 Å². The summed E-state index contributed by atoms with van der Waals surface area (Å²) in [6.45, 7) is 1.80.